The zero-order chi connectivity index (χ0) is 13.7. The summed E-state index contributed by atoms with van der Waals surface area (Å²) in [6.45, 7) is 5.20. The lowest BCUT2D eigenvalue weighted by atomic mass is 10.2. The molecule has 1 aromatic rings. The van der Waals surface area contributed by atoms with Crippen LogP contribution in [0.5, 0.6) is 0 Å². The molecule has 0 fully saturated rings. The summed E-state index contributed by atoms with van der Waals surface area (Å²) in [5, 5.41) is 0.115. The lowest BCUT2D eigenvalue weighted by Gasteiger charge is -2.24. The van der Waals surface area contributed by atoms with Crippen LogP contribution in [0.1, 0.15) is 30.6 Å². The van der Waals surface area contributed by atoms with Crippen LogP contribution in [0.4, 0.5) is 0 Å². The maximum absolute atomic E-state index is 12.3. The number of hydrogen-bond acceptors (Lipinski definition) is 3. The lowest BCUT2D eigenvalue weighted by Crippen LogP contribution is -2.36. The van der Waals surface area contributed by atoms with Crippen molar-refractivity contribution in [2.24, 2.45) is 11.7 Å². The van der Waals surface area contributed by atoms with Gasteiger partial charge in [0, 0.05) is 19.5 Å². The molecular formula is C12H17ClN2O2S. The molecule has 4 nitrogen and oxygen atoms in total. The van der Waals surface area contributed by atoms with Crippen LogP contribution >= 0.6 is 23.8 Å². The first-order valence-corrected chi connectivity index (χ1v) is 6.51. The van der Waals surface area contributed by atoms with E-state index in [0.717, 1.165) is 0 Å². The molecule has 0 saturated carbocycles. The largest absolute Gasteiger partial charge is 0.452 e. The van der Waals surface area contributed by atoms with Crippen molar-refractivity contribution in [3.05, 3.63) is 23.1 Å². The highest BCUT2D eigenvalue weighted by molar-refractivity contribution is 7.80. The van der Waals surface area contributed by atoms with Crippen LogP contribution in [0.2, 0.25) is 5.22 Å². The molecule has 0 bridgehead atoms. The molecule has 0 aromatic carbocycles. The number of nitrogens with zero attached hydrogens (tertiary/aromatic N) is 1. The molecule has 18 heavy (non-hydrogen) atoms. The second kappa shape index (κ2) is 6.75. The van der Waals surface area contributed by atoms with Crippen LogP contribution in [-0.2, 0) is 0 Å². The molecular weight excluding hydrogens is 272 g/mol. The Labute approximate surface area is 117 Å². The van der Waals surface area contributed by atoms with Crippen LogP contribution in [0.15, 0.2) is 16.7 Å². The average Bonchev–Trinajstić information content (AvgIpc) is 2.69. The first kappa shape index (κ1) is 15.0. The van der Waals surface area contributed by atoms with Crippen molar-refractivity contribution in [2.75, 3.05) is 13.1 Å². The molecule has 0 spiro atoms. The molecule has 0 aliphatic carbocycles. The Hall–Kier alpha value is -1.07. The highest BCUT2D eigenvalue weighted by atomic mass is 35.5. The van der Waals surface area contributed by atoms with Gasteiger partial charge in [-0.2, -0.15) is 0 Å². The SMILES string of the molecule is CC(C)CN(CCC(N)=S)C(=O)c1ccoc1Cl. The van der Waals surface area contributed by atoms with Crippen molar-refractivity contribution in [2.45, 2.75) is 20.3 Å². The van der Waals surface area contributed by atoms with Crippen LogP contribution in [0.3, 0.4) is 0 Å². The van der Waals surface area contributed by atoms with Crippen LogP contribution in [0, 0.1) is 5.92 Å². The molecule has 1 heterocycles. The van der Waals surface area contributed by atoms with Crippen LogP contribution < -0.4 is 5.73 Å². The molecule has 0 saturated heterocycles. The van der Waals surface area contributed by atoms with Crippen molar-refractivity contribution in [3.63, 3.8) is 0 Å². The lowest BCUT2D eigenvalue weighted by molar-refractivity contribution is 0.0740. The van der Waals surface area contributed by atoms with E-state index in [1.807, 2.05) is 13.8 Å². The first-order chi connectivity index (χ1) is 8.41. The molecule has 1 amide bonds. The van der Waals surface area contributed by atoms with E-state index in [1.54, 1.807) is 11.0 Å². The minimum absolute atomic E-state index is 0.115. The first-order valence-electron chi connectivity index (χ1n) is 5.72. The second-order valence-corrected chi connectivity index (χ2v) is 5.34. The molecule has 2 N–H and O–H groups in total. The van der Waals surface area contributed by atoms with E-state index in [2.05, 4.69) is 0 Å². The molecule has 6 heteroatoms. The summed E-state index contributed by atoms with van der Waals surface area (Å²) in [6, 6.07) is 1.57. The topological polar surface area (TPSA) is 59.5 Å². The maximum atomic E-state index is 12.3. The number of amides is 1. The number of carbonyl (C=O) groups excluding carboxylic acids is 1. The van der Waals surface area contributed by atoms with Gasteiger partial charge in [-0.25, -0.2) is 0 Å². The highest BCUT2D eigenvalue weighted by Gasteiger charge is 2.21. The third-order valence-corrected chi connectivity index (χ3v) is 2.85. The molecule has 1 rings (SSSR count). The number of hydrogen-bond donors (Lipinski definition) is 1. The zero-order valence-corrected chi connectivity index (χ0v) is 12.1. The Morgan fingerprint density at radius 3 is 2.72 bits per heavy atom. The van der Waals surface area contributed by atoms with Gasteiger partial charge in [0.2, 0.25) is 5.22 Å². The maximum Gasteiger partial charge on any atom is 0.258 e. The Balaban J connectivity index is 2.78. The van der Waals surface area contributed by atoms with Gasteiger partial charge in [-0.1, -0.05) is 26.1 Å². The van der Waals surface area contributed by atoms with Crippen molar-refractivity contribution in [1.29, 1.82) is 0 Å². The number of furan rings is 1. The fourth-order valence-electron chi connectivity index (χ4n) is 1.58. The number of halogens is 1. The quantitative estimate of drug-likeness (QED) is 0.818. The van der Waals surface area contributed by atoms with E-state index in [0.29, 0.717) is 36.0 Å². The smallest absolute Gasteiger partial charge is 0.258 e. The monoisotopic (exact) mass is 288 g/mol. The Morgan fingerprint density at radius 2 is 2.28 bits per heavy atom. The predicted octanol–water partition coefficient (Wildman–Crippen LogP) is 2.71. The van der Waals surface area contributed by atoms with E-state index in [1.165, 1.54) is 6.26 Å². The summed E-state index contributed by atoms with van der Waals surface area (Å²) in [6.07, 6.45) is 1.90. The normalized spacial score (nSPS) is 10.7. The van der Waals surface area contributed by atoms with Gasteiger partial charge < -0.3 is 15.1 Å². The van der Waals surface area contributed by atoms with E-state index < -0.39 is 0 Å². The van der Waals surface area contributed by atoms with Crippen LogP contribution in [-0.4, -0.2) is 28.9 Å². The molecule has 0 atom stereocenters. The Morgan fingerprint density at radius 1 is 1.61 bits per heavy atom. The number of nitrogens with two attached hydrogens (primary N) is 1. The zero-order valence-electron chi connectivity index (χ0n) is 10.5. The minimum atomic E-state index is -0.154. The van der Waals surface area contributed by atoms with Crippen molar-refractivity contribution >= 4 is 34.7 Å². The summed E-state index contributed by atoms with van der Waals surface area (Å²) in [5.74, 6) is 0.199. The molecule has 0 unspecified atom stereocenters. The van der Waals surface area contributed by atoms with Gasteiger partial charge in [0.15, 0.2) is 0 Å². The summed E-state index contributed by atoms with van der Waals surface area (Å²) >= 11 is 10.6. The van der Waals surface area contributed by atoms with E-state index in [4.69, 9.17) is 34.0 Å². The van der Waals surface area contributed by atoms with Crippen molar-refractivity contribution < 1.29 is 9.21 Å². The third kappa shape index (κ3) is 4.31. The fraction of sp³-hybridized carbons (Fsp3) is 0.500. The number of rotatable bonds is 6. The van der Waals surface area contributed by atoms with E-state index in [9.17, 15) is 4.79 Å². The van der Waals surface area contributed by atoms with Gasteiger partial charge in [-0.15, -0.1) is 0 Å². The molecule has 1 aromatic heterocycles. The summed E-state index contributed by atoms with van der Waals surface area (Å²) < 4.78 is 4.93. The van der Waals surface area contributed by atoms with Crippen molar-refractivity contribution in [1.82, 2.24) is 4.90 Å². The summed E-state index contributed by atoms with van der Waals surface area (Å²) in [5.41, 5.74) is 5.84. The van der Waals surface area contributed by atoms with Gasteiger partial charge in [-0.05, 0) is 23.6 Å². The minimum Gasteiger partial charge on any atom is -0.452 e. The van der Waals surface area contributed by atoms with Gasteiger partial charge >= 0.3 is 0 Å². The Kier molecular flexibility index (Phi) is 5.62. The standard InChI is InChI=1S/C12H17ClN2O2S/c1-8(2)7-15(5-3-10(14)18)12(16)9-4-6-17-11(9)13/h4,6,8H,3,5,7H2,1-2H3,(H2,14,18). The molecule has 100 valence electrons. The average molecular weight is 289 g/mol. The third-order valence-electron chi connectivity index (χ3n) is 2.35. The van der Waals surface area contributed by atoms with Gasteiger partial charge in [0.1, 0.15) is 0 Å². The number of thiocarbonyl (C=S) groups is 1. The van der Waals surface area contributed by atoms with Gasteiger partial charge in [0.05, 0.1) is 16.8 Å². The van der Waals surface area contributed by atoms with E-state index in [-0.39, 0.29) is 11.1 Å². The second-order valence-electron chi connectivity index (χ2n) is 4.47. The fourth-order valence-corrected chi connectivity index (χ4v) is 1.86. The molecule has 0 radical (unpaired) electrons. The Bertz CT molecular complexity index is 431. The van der Waals surface area contributed by atoms with Crippen molar-refractivity contribution in [3.8, 4) is 0 Å². The molecule has 0 aliphatic heterocycles. The highest BCUT2D eigenvalue weighted by Crippen LogP contribution is 2.19. The summed E-state index contributed by atoms with van der Waals surface area (Å²) in [4.78, 5) is 14.4. The van der Waals surface area contributed by atoms with Crippen LogP contribution in [0.25, 0.3) is 0 Å². The van der Waals surface area contributed by atoms with Gasteiger partial charge in [0.25, 0.3) is 5.91 Å². The van der Waals surface area contributed by atoms with Gasteiger partial charge in [-0.3, -0.25) is 4.79 Å². The number of carbonyl (C=O) groups is 1. The van der Waals surface area contributed by atoms with E-state index >= 15 is 0 Å². The predicted molar refractivity (Wildman–Crippen MR) is 75.9 cm³/mol. The summed E-state index contributed by atoms with van der Waals surface area (Å²) in [7, 11) is 0. The molecule has 0 aliphatic rings.